The molecule has 0 aromatic heterocycles. The van der Waals surface area contributed by atoms with E-state index in [9.17, 15) is 9.59 Å². The van der Waals surface area contributed by atoms with Crippen LogP contribution in [0.2, 0.25) is 0 Å². The van der Waals surface area contributed by atoms with Crippen LogP contribution in [0.5, 0.6) is 11.5 Å². The maximum atomic E-state index is 12.6. The van der Waals surface area contributed by atoms with Gasteiger partial charge in [-0.2, -0.15) is 5.10 Å². The second-order valence-electron chi connectivity index (χ2n) is 6.64. The Hall–Kier alpha value is -4.13. The van der Waals surface area contributed by atoms with Crippen molar-refractivity contribution in [2.45, 2.75) is 13.5 Å². The van der Waals surface area contributed by atoms with E-state index in [1.807, 2.05) is 36.4 Å². The summed E-state index contributed by atoms with van der Waals surface area (Å²) < 4.78 is 16.0. The summed E-state index contributed by atoms with van der Waals surface area (Å²) in [6.45, 7) is 2.21. The van der Waals surface area contributed by atoms with Crippen molar-refractivity contribution in [2.75, 3.05) is 13.2 Å². The lowest BCUT2D eigenvalue weighted by atomic mass is 10.2. The molecule has 1 N–H and O–H groups in total. The quantitative estimate of drug-likeness (QED) is 0.298. The van der Waals surface area contributed by atoms with Crippen LogP contribution in [0.4, 0.5) is 0 Å². The lowest BCUT2D eigenvalue weighted by Crippen LogP contribution is -2.18. The van der Waals surface area contributed by atoms with Crippen molar-refractivity contribution in [3.8, 4) is 11.5 Å². The van der Waals surface area contributed by atoms with E-state index in [1.54, 1.807) is 49.4 Å². The summed E-state index contributed by atoms with van der Waals surface area (Å²) in [5.74, 6) is 0.137. The van der Waals surface area contributed by atoms with Gasteiger partial charge in [0.2, 0.25) is 0 Å². The largest absolute Gasteiger partial charge is 0.488 e. The van der Waals surface area contributed by atoms with E-state index >= 15 is 0 Å². The van der Waals surface area contributed by atoms with Gasteiger partial charge < -0.3 is 14.2 Å². The van der Waals surface area contributed by atoms with Crippen molar-refractivity contribution in [1.82, 2.24) is 5.43 Å². The summed E-state index contributed by atoms with van der Waals surface area (Å²) in [7, 11) is 0. The predicted octanol–water partition coefficient (Wildman–Crippen LogP) is 3.97. The van der Waals surface area contributed by atoms with Gasteiger partial charge in [-0.05, 0) is 42.3 Å². The van der Waals surface area contributed by atoms with Gasteiger partial charge in [0.05, 0.1) is 18.4 Å². The Morgan fingerprint density at radius 1 is 0.938 bits per heavy atom. The average Bonchev–Trinajstić information content (AvgIpc) is 2.83. The number of benzene rings is 3. The zero-order valence-corrected chi connectivity index (χ0v) is 17.7. The molecule has 164 valence electrons. The van der Waals surface area contributed by atoms with Crippen molar-refractivity contribution in [1.29, 1.82) is 0 Å². The molecule has 0 heterocycles. The number of nitrogens with one attached hydrogen (secondary N) is 1. The van der Waals surface area contributed by atoms with E-state index in [-0.39, 0.29) is 12.5 Å². The molecule has 0 aliphatic carbocycles. The summed E-state index contributed by atoms with van der Waals surface area (Å²) in [5.41, 5.74) is 4.59. The van der Waals surface area contributed by atoms with Gasteiger partial charge in [0, 0.05) is 0 Å². The molecule has 0 unspecified atom stereocenters. The molecule has 32 heavy (non-hydrogen) atoms. The molecule has 1 amide bonds. The van der Waals surface area contributed by atoms with Gasteiger partial charge in [0.1, 0.15) is 18.1 Å². The molecular weight excluding hydrogens is 408 g/mol. The van der Waals surface area contributed by atoms with E-state index in [4.69, 9.17) is 14.2 Å². The van der Waals surface area contributed by atoms with Crippen molar-refractivity contribution >= 4 is 18.1 Å². The first-order valence-corrected chi connectivity index (χ1v) is 10.1. The normalized spacial score (nSPS) is 10.5. The maximum absolute atomic E-state index is 12.6. The van der Waals surface area contributed by atoms with Crippen LogP contribution in [0.15, 0.2) is 84.0 Å². The standard InChI is InChI=1S/C25H24N2O5/c1-2-30-24(28)18-31-21-12-8-11-20(15-21)16-26-27-25(29)22-13-6-7-14-23(22)32-17-19-9-4-3-5-10-19/h3-16H,2,17-18H2,1H3,(H,27,29)/b26-16+. The smallest absolute Gasteiger partial charge is 0.344 e. The molecule has 0 atom stereocenters. The number of esters is 1. The van der Waals surface area contributed by atoms with E-state index in [1.165, 1.54) is 6.21 Å². The first-order chi connectivity index (χ1) is 15.7. The van der Waals surface area contributed by atoms with Crippen LogP contribution in [0.1, 0.15) is 28.4 Å². The Labute approximate surface area is 186 Å². The van der Waals surface area contributed by atoms with Crippen molar-refractivity contribution in [2.24, 2.45) is 5.10 Å². The monoisotopic (exact) mass is 432 g/mol. The number of rotatable bonds is 10. The molecule has 0 saturated heterocycles. The molecule has 0 fully saturated rings. The number of nitrogens with zero attached hydrogens (tertiary/aromatic N) is 1. The molecule has 0 aliphatic heterocycles. The Morgan fingerprint density at radius 2 is 1.72 bits per heavy atom. The van der Waals surface area contributed by atoms with E-state index < -0.39 is 5.97 Å². The van der Waals surface area contributed by atoms with E-state index in [0.717, 1.165) is 5.56 Å². The summed E-state index contributed by atoms with van der Waals surface area (Å²) in [6.07, 6.45) is 1.49. The van der Waals surface area contributed by atoms with Crippen molar-refractivity contribution < 1.29 is 23.8 Å². The maximum Gasteiger partial charge on any atom is 0.344 e. The zero-order valence-electron chi connectivity index (χ0n) is 17.7. The third kappa shape index (κ3) is 6.98. The topological polar surface area (TPSA) is 86.2 Å². The van der Waals surface area contributed by atoms with E-state index in [2.05, 4.69) is 10.5 Å². The summed E-state index contributed by atoms with van der Waals surface area (Å²) >= 11 is 0. The zero-order chi connectivity index (χ0) is 22.6. The van der Waals surface area contributed by atoms with Gasteiger partial charge in [-0.1, -0.05) is 54.6 Å². The van der Waals surface area contributed by atoms with Crippen LogP contribution in [-0.4, -0.2) is 31.3 Å². The molecule has 0 bridgehead atoms. The molecule has 0 radical (unpaired) electrons. The van der Waals surface area contributed by atoms with E-state index in [0.29, 0.717) is 35.8 Å². The fourth-order valence-corrected chi connectivity index (χ4v) is 2.77. The molecule has 7 heteroatoms. The number of para-hydroxylation sites is 1. The number of ether oxygens (including phenoxy) is 3. The number of amides is 1. The average molecular weight is 432 g/mol. The Kier molecular flexibility index (Phi) is 8.39. The van der Waals surface area contributed by atoms with Crippen molar-refractivity contribution in [3.63, 3.8) is 0 Å². The Bertz CT molecular complexity index is 1070. The van der Waals surface area contributed by atoms with Gasteiger partial charge in [-0.3, -0.25) is 4.79 Å². The molecule has 0 spiro atoms. The highest BCUT2D eigenvalue weighted by Crippen LogP contribution is 2.19. The van der Waals surface area contributed by atoms with Crippen LogP contribution in [0, 0.1) is 0 Å². The lowest BCUT2D eigenvalue weighted by Gasteiger charge is -2.10. The van der Waals surface area contributed by atoms with Crippen LogP contribution in [-0.2, 0) is 16.1 Å². The first kappa shape index (κ1) is 22.6. The minimum atomic E-state index is -0.438. The van der Waals surface area contributed by atoms with Gasteiger partial charge in [0.25, 0.3) is 5.91 Å². The molecule has 3 rings (SSSR count). The molecule has 3 aromatic carbocycles. The Balaban J connectivity index is 1.57. The Morgan fingerprint density at radius 3 is 2.53 bits per heavy atom. The number of hydrogen-bond donors (Lipinski definition) is 1. The summed E-state index contributed by atoms with van der Waals surface area (Å²) in [5, 5.41) is 4.02. The van der Waals surface area contributed by atoms with Crippen molar-refractivity contribution in [3.05, 3.63) is 95.6 Å². The highest BCUT2D eigenvalue weighted by atomic mass is 16.6. The minimum absolute atomic E-state index is 0.176. The van der Waals surface area contributed by atoms with Crippen LogP contribution >= 0.6 is 0 Å². The fraction of sp³-hybridized carbons (Fsp3) is 0.160. The SMILES string of the molecule is CCOC(=O)COc1cccc(/C=N/NC(=O)c2ccccc2OCc2ccccc2)c1. The van der Waals surface area contributed by atoms with Gasteiger partial charge in [-0.25, -0.2) is 10.2 Å². The minimum Gasteiger partial charge on any atom is -0.488 e. The van der Waals surface area contributed by atoms with Crippen LogP contribution in [0.3, 0.4) is 0 Å². The summed E-state index contributed by atoms with van der Waals surface area (Å²) in [4.78, 5) is 24.0. The predicted molar refractivity (Wildman–Crippen MR) is 121 cm³/mol. The molecule has 3 aromatic rings. The highest BCUT2D eigenvalue weighted by molar-refractivity contribution is 5.97. The number of hydrogen-bond acceptors (Lipinski definition) is 6. The van der Waals surface area contributed by atoms with Gasteiger partial charge in [-0.15, -0.1) is 0 Å². The lowest BCUT2D eigenvalue weighted by molar-refractivity contribution is -0.145. The number of hydrazone groups is 1. The van der Waals surface area contributed by atoms with Gasteiger partial charge in [0.15, 0.2) is 6.61 Å². The summed E-state index contributed by atoms with van der Waals surface area (Å²) in [6, 6.07) is 23.7. The second kappa shape index (κ2) is 11.9. The first-order valence-electron chi connectivity index (χ1n) is 10.1. The molecule has 7 nitrogen and oxygen atoms in total. The van der Waals surface area contributed by atoms with Crippen LogP contribution < -0.4 is 14.9 Å². The highest BCUT2D eigenvalue weighted by Gasteiger charge is 2.11. The third-order valence-electron chi connectivity index (χ3n) is 4.27. The molecular formula is C25H24N2O5. The number of carbonyl (C=O) groups is 2. The van der Waals surface area contributed by atoms with Gasteiger partial charge >= 0.3 is 5.97 Å². The number of carbonyl (C=O) groups excluding carboxylic acids is 2. The molecule has 0 saturated carbocycles. The third-order valence-corrected chi connectivity index (χ3v) is 4.27. The fourth-order valence-electron chi connectivity index (χ4n) is 2.77. The van der Waals surface area contributed by atoms with Crippen LogP contribution in [0.25, 0.3) is 0 Å². The second-order valence-corrected chi connectivity index (χ2v) is 6.64. The molecule has 0 aliphatic rings.